The second kappa shape index (κ2) is 4.80. The molecule has 0 saturated carbocycles. The quantitative estimate of drug-likeness (QED) is 0.713. The number of alkyl halides is 3. The van der Waals surface area contributed by atoms with Gasteiger partial charge < -0.3 is 9.14 Å². The van der Waals surface area contributed by atoms with Crippen molar-refractivity contribution < 1.29 is 17.9 Å². The summed E-state index contributed by atoms with van der Waals surface area (Å²) >= 11 is 0. The Bertz CT molecular complexity index is 793. The van der Waals surface area contributed by atoms with Crippen molar-refractivity contribution in [2.24, 2.45) is 0 Å². The molecule has 3 rings (SSSR count). The maximum atomic E-state index is 12.7. The molecule has 0 saturated heterocycles. The number of ether oxygens (including phenoxy) is 1. The van der Waals surface area contributed by atoms with Crippen molar-refractivity contribution >= 4 is 5.65 Å². The third-order valence-electron chi connectivity index (χ3n) is 3.16. The van der Waals surface area contributed by atoms with Crippen molar-refractivity contribution in [3.63, 3.8) is 0 Å². The standard InChI is InChI=1S/C15H11F3N2O/c1-21-13-5-3-2-4-11(13)12-9-20-8-10(15(16,17)18)6-7-14(20)19-12/h2-9H,1H3. The van der Waals surface area contributed by atoms with Gasteiger partial charge in [-0.05, 0) is 24.3 Å². The van der Waals surface area contributed by atoms with E-state index in [-0.39, 0.29) is 0 Å². The minimum absolute atomic E-state index is 0.448. The Morgan fingerprint density at radius 3 is 2.52 bits per heavy atom. The zero-order valence-electron chi connectivity index (χ0n) is 11.1. The summed E-state index contributed by atoms with van der Waals surface area (Å²) in [7, 11) is 1.54. The molecular weight excluding hydrogens is 281 g/mol. The van der Waals surface area contributed by atoms with Crippen molar-refractivity contribution in [2.75, 3.05) is 7.11 Å². The molecule has 2 aromatic heterocycles. The first-order chi connectivity index (χ1) is 9.99. The Morgan fingerprint density at radius 2 is 1.81 bits per heavy atom. The number of para-hydroxylation sites is 1. The van der Waals surface area contributed by atoms with Gasteiger partial charge in [0.05, 0.1) is 18.4 Å². The highest BCUT2D eigenvalue weighted by Crippen LogP contribution is 2.31. The molecule has 0 spiro atoms. The Morgan fingerprint density at radius 1 is 1.05 bits per heavy atom. The van der Waals surface area contributed by atoms with Crippen LogP contribution in [0.15, 0.2) is 48.8 Å². The lowest BCUT2D eigenvalue weighted by Crippen LogP contribution is -2.05. The summed E-state index contributed by atoms with van der Waals surface area (Å²) in [6.07, 6.45) is -1.78. The molecule has 0 N–H and O–H groups in total. The maximum absolute atomic E-state index is 12.7. The van der Waals surface area contributed by atoms with Crippen molar-refractivity contribution in [2.45, 2.75) is 6.18 Å². The lowest BCUT2D eigenvalue weighted by atomic mass is 10.1. The van der Waals surface area contributed by atoms with E-state index in [1.54, 1.807) is 12.3 Å². The lowest BCUT2D eigenvalue weighted by molar-refractivity contribution is -0.137. The van der Waals surface area contributed by atoms with Crippen molar-refractivity contribution in [1.82, 2.24) is 9.38 Å². The van der Waals surface area contributed by atoms with Gasteiger partial charge in [0.25, 0.3) is 0 Å². The van der Waals surface area contributed by atoms with Crippen LogP contribution in [0.25, 0.3) is 16.9 Å². The molecule has 108 valence electrons. The number of fused-ring (bicyclic) bond motifs is 1. The normalized spacial score (nSPS) is 11.8. The summed E-state index contributed by atoms with van der Waals surface area (Å²) in [6.45, 7) is 0. The van der Waals surface area contributed by atoms with E-state index in [2.05, 4.69) is 4.98 Å². The zero-order valence-corrected chi connectivity index (χ0v) is 11.1. The summed E-state index contributed by atoms with van der Waals surface area (Å²) in [5.74, 6) is 0.622. The van der Waals surface area contributed by atoms with Crippen LogP contribution in [-0.2, 0) is 6.18 Å². The average molecular weight is 292 g/mol. The number of pyridine rings is 1. The number of benzene rings is 1. The molecule has 0 radical (unpaired) electrons. The molecule has 0 unspecified atom stereocenters. The summed E-state index contributed by atoms with van der Waals surface area (Å²) < 4.78 is 44.7. The van der Waals surface area contributed by atoms with Gasteiger partial charge in [-0.2, -0.15) is 13.2 Å². The second-order valence-corrected chi connectivity index (χ2v) is 4.51. The summed E-state index contributed by atoms with van der Waals surface area (Å²) in [5.41, 5.74) is 1.03. The van der Waals surface area contributed by atoms with Crippen LogP contribution in [0.2, 0.25) is 0 Å². The van der Waals surface area contributed by atoms with Crippen LogP contribution in [0.1, 0.15) is 5.56 Å². The fourth-order valence-corrected chi connectivity index (χ4v) is 2.15. The van der Waals surface area contributed by atoms with Crippen LogP contribution in [0.3, 0.4) is 0 Å². The molecule has 0 atom stereocenters. The molecule has 2 heterocycles. The number of hydrogen-bond acceptors (Lipinski definition) is 2. The smallest absolute Gasteiger partial charge is 0.417 e. The van der Waals surface area contributed by atoms with Crippen molar-refractivity contribution in [3.05, 3.63) is 54.4 Å². The number of nitrogens with zero attached hydrogens (tertiary/aromatic N) is 2. The maximum Gasteiger partial charge on any atom is 0.417 e. The molecule has 0 amide bonds. The van der Waals surface area contributed by atoms with Gasteiger partial charge in [-0.1, -0.05) is 12.1 Å². The van der Waals surface area contributed by atoms with Crippen LogP contribution >= 0.6 is 0 Å². The Balaban J connectivity index is 2.13. The summed E-state index contributed by atoms with van der Waals surface area (Å²) in [5, 5.41) is 0. The average Bonchev–Trinajstić information content (AvgIpc) is 2.89. The number of aromatic nitrogens is 2. The molecule has 6 heteroatoms. The van der Waals surface area contributed by atoms with E-state index >= 15 is 0 Å². The molecule has 21 heavy (non-hydrogen) atoms. The molecule has 0 aliphatic carbocycles. The van der Waals surface area contributed by atoms with Crippen molar-refractivity contribution in [1.29, 1.82) is 0 Å². The predicted octanol–water partition coefficient (Wildman–Crippen LogP) is 4.03. The number of methoxy groups -OCH3 is 1. The van der Waals surface area contributed by atoms with Crippen LogP contribution in [0, 0.1) is 0 Å². The Hall–Kier alpha value is -2.50. The predicted molar refractivity (Wildman–Crippen MR) is 72.2 cm³/mol. The lowest BCUT2D eigenvalue weighted by Gasteiger charge is -2.05. The third kappa shape index (κ3) is 2.44. The molecular formula is C15H11F3N2O. The first-order valence-electron chi connectivity index (χ1n) is 6.18. The summed E-state index contributed by atoms with van der Waals surface area (Å²) in [4.78, 5) is 4.33. The SMILES string of the molecule is COc1ccccc1-c1cn2cc(C(F)(F)F)ccc2n1. The van der Waals surface area contributed by atoms with Gasteiger partial charge in [0, 0.05) is 18.0 Å². The van der Waals surface area contributed by atoms with Gasteiger partial charge in [0.1, 0.15) is 11.4 Å². The van der Waals surface area contributed by atoms with E-state index in [1.165, 1.54) is 17.6 Å². The minimum atomic E-state index is -4.37. The van der Waals surface area contributed by atoms with Crippen LogP contribution in [0.4, 0.5) is 13.2 Å². The van der Waals surface area contributed by atoms with Gasteiger partial charge in [-0.15, -0.1) is 0 Å². The van der Waals surface area contributed by atoms with E-state index in [1.807, 2.05) is 18.2 Å². The van der Waals surface area contributed by atoms with Gasteiger partial charge in [0.15, 0.2) is 0 Å². The highest BCUT2D eigenvalue weighted by Gasteiger charge is 2.30. The fourth-order valence-electron chi connectivity index (χ4n) is 2.15. The molecule has 1 aromatic carbocycles. The Labute approximate surface area is 118 Å². The molecule has 0 aliphatic heterocycles. The molecule has 3 nitrogen and oxygen atoms in total. The first kappa shape index (κ1) is 13.5. The highest BCUT2D eigenvalue weighted by atomic mass is 19.4. The molecule has 3 aromatic rings. The Kier molecular flexibility index (Phi) is 3.08. The molecule has 0 bridgehead atoms. The van der Waals surface area contributed by atoms with Gasteiger partial charge >= 0.3 is 6.18 Å². The van der Waals surface area contributed by atoms with E-state index in [9.17, 15) is 13.2 Å². The zero-order chi connectivity index (χ0) is 15.0. The number of hydrogen-bond donors (Lipinski definition) is 0. The number of imidazole rings is 1. The summed E-state index contributed by atoms with van der Waals surface area (Å²) in [6, 6.07) is 9.60. The topological polar surface area (TPSA) is 26.5 Å². The highest BCUT2D eigenvalue weighted by molar-refractivity contribution is 5.69. The fraction of sp³-hybridized carbons (Fsp3) is 0.133. The van der Waals surface area contributed by atoms with E-state index < -0.39 is 11.7 Å². The van der Waals surface area contributed by atoms with Gasteiger partial charge in [-0.3, -0.25) is 0 Å². The minimum Gasteiger partial charge on any atom is -0.496 e. The largest absolute Gasteiger partial charge is 0.496 e. The first-order valence-corrected chi connectivity index (χ1v) is 6.18. The van der Waals surface area contributed by atoms with Crippen molar-refractivity contribution in [3.8, 4) is 17.0 Å². The number of rotatable bonds is 2. The van der Waals surface area contributed by atoms with Gasteiger partial charge in [0.2, 0.25) is 0 Å². The van der Waals surface area contributed by atoms with Crippen LogP contribution in [0.5, 0.6) is 5.75 Å². The van der Waals surface area contributed by atoms with E-state index in [0.717, 1.165) is 17.8 Å². The third-order valence-corrected chi connectivity index (χ3v) is 3.16. The van der Waals surface area contributed by atoms with Gasteiger partial charge in [-0.25, -0.2) is 4.98 Å². The second-order valence-electron chi connectivity index (χ2n) is 4.51. The van der Waals surface area contributed by atoms with Crippen LogP contribution in [-0.4, -0.2) is 16.5 Å². The van der Waals surface area contributed by atoms with E-state index in [4.69, 9.17) is 4.74 Å². The molecule has 0 aliphatic rings. The van der Waals surface area contributed by atoms with E-state index in [0.29, 0.717) is 17.1 Å². The van der Waals surface area contributed by atoms with Crippen LogP contribution < -0.4 is 4.74 Å². The molecule has 0 fully saturated rings. The number of halogens is 3. The monoisotopic (exact) mass is 292 g/mol.